The van der Waals surface area contributed by atoms with Gasteiger partial charge in [0.1, 0.15) is 5.82 Å². The smallest absolute Gasteiger partial charge is 0.258 e. The Morgan fingerprint density at radius 2 is 1.84 bits per heavy atom. The monoisotopic (exact) mass is 275 g/mol. The Balaban J connectivity index is 2.25. The van der Waals surface area contributed by atoms with Gasteiger partial charge in [-0.15, -0.1) is 12.6 Å². The zero-order valence-corrected chi connectivity index (χ0v) is 11.6. The van der Waals surface area contributed by atoms with E-state index in [2.05, 4.69) is 17.9 Å². The summed E-state index contributed by atoms with van der Waals surface area (Å²) in [4.78, 5) is 12.5. The van der Waals surface area contributed by atoms with Crippen LogP contribution in [0.2, 0.25) is 0 Å². The molecule has 1 amide bonds. The van der Waals surface area contributed by atoms with Crippen LogP contribution in [0.4, 0.5) is 10.1 Å². The minimum atomic E-state index is -0.556. The number of rotatable bonds is 2. The van der Waals surface area contributed by atoms with Gasteiger partial charge in [-0.25, -0.2) is 4.39 Å². The number of halogens is 1. The maximum Gasteiger partial charge on any atom is 0.258 e. The van der Waals surface area contributed by atoms with Crippen molar-refractivity contribution in [3.05, 3.63) is 58.9 Å². The predicted octanol–water partition coefficient (Wildman–Crippen LogP) is 3.98. The Morgan fingerprint density at radius 1 is 1.11 bits per heavy atom. The van der Waals surface area contributed by atoms with Crippen LogP contribution in [0.5, 0.6) is 0 Å². The molecule has 0 spiro atoms. The number of aryl methyl sites for hydroxylation is 2. The van der Waals surface area contributed by atoms with E-state index in [4.69, 9.17) is 0 Å². The SMILES string of the molecule is Cc1ccc(NC(=O)c2cc(S)ccc2F)cc1C. The molecule has 2 nitrogen and oxygen atoms in total. The average molecular weight is 275 g/mol. The number of hydrogen-bond acceptors (Lipinski definition) is 2. The lowest BCUT2D eigenvalue weighted by Crippen LogP contribution is -2.14. The quantitative estimate of drug-likeness (QED) is 0.797. The number of nitrogens with one attached hydrogen (secondary N) is 1. The van der Waals surface area contributed by atoms with Crippen LogP contribution >= 0.6 is 12.6 Å². The Labute approximate surface area is 117 Å². The molecule has 0 atom stereocenters. The van der Waals surface area contributed by atoms with Crippen molar-refractivity contribution in [3.8, 4) is 0 Å². The first kappa shape index (κ1) is 13.6. The summed E-state index contributed by atoms with van der Waals surface area (Å²) in [5.74, 6) is -1.03. The van der Waals surface area contributed by atoms with Gasteiger partial charge in [-0.1, -0.05) is 6.07 Å². The van der Waals surface area contributed by atoms with Gasteiger partial charge < -0.3 is 5.32 Å². The van der Waals surface area contributed by atoms with Crippen molar-refractivity contribution in [1.29, 1.82) is 0 Å². The minimum Gasteiger partial charge on any atom is -0.322 e. The fourth-order valence-electron chi connectivity index (χ4n) is 1.70. The number of anilines is 1. The van der Waals surface area contributed by atoms with Crippen LogP contribution in [0.1, 0.15) is 21.5 Å². The topological polar surface area (TPSA) is 29.1 Å². The van der Waals surface area contributed by atoms with Gasteiger partial charge in [0.15, 0.2) is 0 Å². The van der Waals surface area contributed by atoms with Crippen molar-refractivity contribution in [2.45, 2.75) is 18.7 Å². The molecule has 2 rings (SSSR count). The van der Waals surface area contributed by atoms with E-state index in [1.807, 2.05) is 26.0 Å². The molecule has 0 fully saturated rings. The molecule has 0 bridgehead atoms. The first-order valence-corrected chi connectivity index (χ1v) is 6.29. The Morgan fingerprint density at radius 3 is 2.53 bits per heavy atom. The standard InChI is InChI=1S/C15H14FNOS/c1-9-3-4-11(7-10(9)2)17-15(18)13-8-12(19)5-6-14(13)16/h3-8,19H,1-2H3,(H,17,18). The average Bonchev–Trinajstić information content (AvgIpc) is 2.36. The summed E-state index contributed by atoms with van der Waals surface area (Å²) >= 11 is 4.11. The molecule has 0 unspecified atom stereocenters. The molecular formula is C15H14FNOS. The van der Waals surface area contributed by atoms with E-state index < -0.39 is 11.7 Å². The first-order chi connectivity index (χ1) is 8.97. The highest BCUT2D eigenvalue weighted by atomic mass is 32.1. The third-order valence-electron chi connectivity index (χ3n) is 2.96. The summed E-state index contributed by atoms with van der Waals surface area (Å²) in [7, 11) is 0. The van der Waals surface area contributed by atoms with Crippen LogP contribution in [-0.2, 0) is 0 Å². The molecule has 0 radical (unpaired) electrons. The van der Waals surface area contributed by atoms with E-state index in [0.29, 0.717) is 10.6 Å². The van der Waals surface area contributed by atoms with E-state index in [1.54, 1.807) is 6.07 Å². The maximum atomic E-state index is 13.6. The second-order valence-corrected chi connectivity index (χ2v) is 4.93. The summed E-state index contributed by atoms with van der Waals surface area (Å²) in [6.45, 7) is 3.95. The Hall–Kier alpha value is -1.81. The molecule has 0 aliphatic heterocycles. The number of benzene rings is 2. The molecule has 2 aromatic carbocycles. The lowest BCUT2D eigenvalue weighted by molar-refractivity contribution is 0.102. The van der Waals surface area contributed by atoms with Crippen LogP contribution in [0.3, 0.4) is 0 Å². The van der Waals surface area contributed by atoms with Crippen LogP contribution in [0.15, 0.2) is 41.3 Å². The van der Waals surface area contributed by atoms with E-state index >= 15 is 0 Å². The lowest BCUT2D eigenvalue weighted by atomic mass is 10.1. The van der Waals surface area contributed by atoms with Gasteiger partial charge in [0.2, 0.25) is 0 Å². The van der Waals surface area contributed by atoms with Gasteiger partial charge in [-0.3, -0.25) is 4.79 Å². The highest BCUT2D eigenvalue weighted by molar-refractivity contribution is 7.80. The van der Waals surface area contributed by atoms with Crippen molar-refractivity contribution in [1.82, 2.24) is 0 Å². The minimum absolute atomic E-state index is 0.00859. The molecule has 98 valence electrons. The fourth-order valence-corrected chi connectivity index (χ4v) is 1.91. The molecule has 0 aromatic heterocycles. The van der Waals surface area contributed by atoms with Gasteiger partial charge in [0.25, 0.3) is 5.91 Å². The van der Waals surface area contributed by atoms with Crippen LogP contribution in [-0.4, -0.2) is 5.91 Å². The van der Waals surface area contributed by atoms with E-state index in [0.717, 1.165) is 11.1 Å². The van der Waals surface area contributed by atoms with Crippen molar-refractivity contribution in [3.63, 3.8) is 0 Å². The second kappa shape index (κ2) is 5.45. The van der Waals surface area contributed by atoms with Crippen LogP contribution in [0.25, 0.3) is 0 Å². The molecule has 4 heteroatoms. The number of carbonyl (C=O) groups is 1. The van der Waals surface area contributed by atoms with E-state index in [-0.39, 0.29) is 5.56 Å². The van der Waals surface area contributed by atoms with Crippen LogP contribution in [0, 0.1) is 19.7 Å². The van der Waals surface area contributed by atoms with Crippen molar-refractivity contribution < 1.29 is 9.18 Å². The molecule has 1 N–H and O–H groups in total. The molecule has 0 saturated heterocycles. The van der Waals surface area contributed by atoms with E-state index in [9.17, 15) is 9.18 Å². The van der Waals surface area contributed by atoms with Gasteiger partial charge >= 0.3 is 0 Å². The number of thiol groups is 1. The van der Waals surface area contributed by atoms with Crippen LogP contribution < -0.4 is 5.32 Å². The van der Waals surface area contributed by atoms with Crippen molar-refractivity contribution in [2.75, 3.05) is 5.32 Å². The number of amides is 1. The fraction of sp³-hybridized carbons (Fsp3) is 0.133. The van der Waals surface area contributed by atoms with Gasteiger partial charge in [0, 0.05) is 10.6 Å². The third-order valence-corrected chi connectivity index (χ3v) is 3.24. The van der Waals surface area contributed by atoms with Gasteiger partial charge in [-0.2, -0.15) is 0 Å². The number of carbonyl (C=O) groups excluding carboxylic acids is 1. The molecule has 0 aliphatic carbocycles. The summed E-state index contributed by atoms with van der Waals surface area (Å²) < 4.78 is 13.6. The zero-order valence-electron chi connectivity index (χ0n) is 10.7. The predicted molar refractivity (Wildman–Crippen MR) is 77.5 cm³/mol. The highest BCUT2D eigenvalue weighted by Gasteiger charge is 2.12. The molecule has 2 aromatic rings. The molecular weight excluding hydrogens is 261 g/mol. The Kier molecular flexibility index (Phi) is 3.90. The van der Waals surface area contributed by atoms with Gasteiger partial charge in [0.05, 0.1) is 5.56 Å². The second-order valence-electron chi connectivity index (χ2n) is 4.42. The summed E-state index contributed by atoms with van der Waals surface area (Å²) in [6.07, 6.45) is 0. The normalized spacial score (nSPS) is 10.3. The zero-order chi connectivity index (χ0) is 14.0. The highest BCUT2D eigenvalue weighted by Crippen LogP contribution is 2.18. The lowest BCUT2D eigenvalue weighted by Gasteiger charge is -2.08. The van der Waals surface area contributed by atoms with E-state index in [1.165, 1.54) is 18.2 Å². The largest absolute Gasteiger partial charge is 0.322 e. The summed E-state index contributed by atoms with van der Waals surface area (Å²) in [5.41, 5.74) is 2.85. The maximum absolute atomic E-state index is 13.6. The van der Waals surface area contributed by atoms with Crippen molar-refractivity contribution >= 4 is 24.2 Å². The Bertz CT molecular complexity index is 640. The summed E-state index contributed by atoms with van der Waals surface area (Å²) in [5, 5.41) is 2.68. The molecule has 0 heterocycles. The number of hydrogen-bond donors (Lipinski definition) is 2. The molecule has 19 heavy (non-hydrogen) atoms. The van der Waals surface area contributed by atoms with Gasteiger partial charge in [-0.05, 0) is 55.3 Å². The van der Waals surface area contributed by atoms with Crippen molar-refractivity contribution in [2.24, 2.45) is 0 Å². The molecule has 0 saturated carbocycles. The first-order valence-electron chi connectivity index (χ1n) is 5.84. The third kappa shape index (κ3) is 3.15. The summed E-state index contributed by atoms with van der Waals surface area (Å²) in [6, 6.07) is 9.71. The molecule has 0 aliphatic rings.